The zero-order valence-corrected chi connectivity index (χ0v) is 37.3. The van der Waals surface area contributed by atoms with E-state index in [2.05, 4.69) is 276 Å². The molecule has 12 aromatic carbocycles. The van der Waals surface area contributed by atoms with E-state index in [0.29, 0.717) is 0 Å². The number of nitrogens with zero attached hydrogens (tertiary/aromatic N) is 2. The van der Waals surface area contributed by atoms with Crippen LogP contribution in [0.5, 0.6) is 0 Å². The number of benzene rings is 12. The lowest BCUT2D eigenvalue weighted by Gasteiger charge is -2.27. The molecule has 0 aliphatic carbocycles. The summed E-state index contributed by atoms with van der Waals surface area (Å²) in [5.74, 6) is 0. The maximum absolute atomic E-state index is 2.40. The molecule has 0 fully saturated rings. The zero-order valence-electron chi connectivity index (χ0n) is 37.3. The first-order valence-corrected chi connectivity index (χ1v) is 23.4. The molecule has 0 bridgehead atoms. The summed E-state index contributed by atoms with van der Waals surface area (Å²) in [6, 6.07) is 97.5. The monoisotopic (exact) mass is 864 g/mol. The molecule has 0 unspecified atom stereocenters. The summed E-state index contributed by atoms with van der Waals surface area (Å²) in [6.45, 7) is 0. The van der Waals surface area contributed by atoms with Gasteiger partial charge in [-0.15, -0.1) is 0 Å². The van der Waals surface area contributed by atoms with Gasteiger partial charge in [-0.1, -0.05) is 194 Å². The van der Waals surface area contributed by atoms with Crippen molar-refractivity contribution in [3.05, 3.63) is 267 Å². The number of fused-ring (bicyclic) bond motifs is 7. The van der Waals surface area contributed by atoms with Gasteiger partial charge in [-0.05, 0) is 150 Å². The fraction of sp³-hybridized carbons (Fsp3) is 0. The van der Waals surface area contributed by atoms with Gasteiger partial charge in [0, 0.05) is 33.5 Å². The fourth-order valence-electron chi connectivity index (χ4n) is 10.4. The summed E-state index contributed by atoms with van der Waals surface area (Å²) < 4.78 is 2.38. The number of rotatable bonds is 8. The molecule has 0 saturated heterocycles. The highest BCUT2D eigenvalue weighted by molar-refractivity contribution is 6.13. The first kappa shape index (κ1) is 39.4. The van der Waals surface area contributed by atoms with Crippen molar-refractivity contribution >= 4 is 71.2 Å². The summed E-state index contributed by atoms with van der Waals surface area (Å²) in [4.78, 5) is 2.40. The van der Waals surface area contributed by atoms with Gasteiger partial charge in [0.25, 0.3) is 0 Å². The third-order valence-electron chi connectivity index (χ3n) is 13.8. The Morgan fingerprint density at radius 1 is 0.235 bits per heavy atom. The van der Waals surface area contributed by atoms with Crippen molar-refractivity contribution in [3.8, 4) is 50.2 Å². The molecule has 0 aliphatic heterocycles. The predicted molar refractivity (Wildman–Crippen MR) is 290 cm³/mol. The Balaban J connectivity index is 0.909. The van der Waals surface area contributed by atoms with E-state index in [1.165, 1.54) is 93.1 Å². The fourth-order valence-corrected chi connectivity index (χ4v) is 10.4. The molecule has 1 aromatic heterocycles. The molecule has 0 radical (unpaired) electrons. The van der Waals surface area contributed by atoms with Gasteiger partial charge >= 0.3 is 0 Å². The van der Waals surface area contributed by atoms with E-state index in [9.17, 15) is 0 Å². The molecule has 2 heteroatoms. The summed E-state index contributed by atoms with van der Waals surface area (Å²) in [5, 5.41) is 10.0. The quantitative estimate of drug-likeness (QED) is 0.138. The van der Waals surface area contributed by atoms with Crippen molar-refractivity contribution in [1.29, 1.82) is 0 Å². The lowest BCUT2D eigenvalue weighted by Crippen LogP contribution is -2.10. The largest absolute Gasteiger partial charge is 0.310 e. The SMILES string of the molecule is c1ccc(-n2c3ccccc3c3cc(-c4cccc(N(c5ccc(-c6ccc(-c7ccc8ccccc8c7)cc6)cc5)c5cccc(-c6cccc7c6ccc6ccccc67)c5)c4)ccc32)cc1. The third-order valence-corrected chi connectivity index (χ3v) is 13.8. The Bertz CT molecular complexity index is 4010. The van der Waals surface area contributed by atoms with Gasteiger partial charge in [-0.2, -0.15) is 0 Å². The second-order valence-corrected chi connectivity index (χ2v) is 17.7. The minimum atomic E-state index is 1.08. The van der Waals surface area contributed by atoms with E-state index >= 15 is 0 Å². The Morgan fingerprint density at radius 3 is 1.56 bits per heavy atom. The molecule has 0 amide bonds. The molecule has 0 spiro atoms. The van der Waals surface area contributed by atoms with Gasteiger partial charge in [0.1, 0.15) is 0 Å². The number of anilines is 3. The Hall–Kier alpha value is -8.98. The molecule has 318 valence electrons. The van der Waals surface area contributed by atoms with Gasteiger partial charge in [0.05, 0.1) is 11.0 Å². The lowest BCUT2D eigenvalue weighted by molar-refractivity contribution is 1.18. The van der Waals surface area contributed by atoms with Crippen LogP contribution in [0.3, 0.4) is 0 Å². The molecule has 1 heterocycles. The number of hydrogen-bond donors (Lipinski definition) is 0. The molecular weight excluding hydrogens is 821 g/mol. The number of para-hydroxylation sites is 2. The highest BCUT2D eigenvalue weighted by Crippen LogP contribution is 2.42. The average molecular weight is 865 g/mol. The summed E-state index contributed by atoms with van der Waals surface area (Å²) in [5.41, 5.74) is 16.3. The molecule has 0 atom stereocenters. The van der Waals surface area contributed by atoms with Gasteiger partial charge < -0.3 is 9.47 Å². The topological polar surface area (TPSA) is 8.17 Å². The van der Waals surface area contributed by atoms with Gasteiger partial charge in [0.15, 0.2) is 0 Å². The normalized spacial score (nSPS) is 11.5. The van der Waals surface area contributed by atoms with Crippen molar-refractivity contribution in [2.24, 2.45) is 0 Å². The van der Waals surface area contributed by atoms with Crippen molar-refractivity contribution in [2.45, 2.75) is 0 Å². The standard InChI is InChI=1S/C66H44N2/c1-2-18-55(19-3-1)68-65-26-9-8-23-63(65)64-44-53(36-40-66(64)68)51-16-10-20-57(42-51)67(58-21-11-17-54(43-58)60-24-12-25-61-59-22-7-6-14-49(59)35-39-62(60)61)56-37-33-47(34-38-56)46-27-29-48(30-28-46)52-32-31-45-13-4-5-15-50(45)41-52/h1-44H. The maximum atomic E-state index is 2.40. The summed E-state index contributed by atoms with van der Waals surface area (Å²) in [6.07, 6.45) is 0. The lowest BCUT2D eigenvalue weighted by atomic mass is 9.94. The minimum absolute atomic E-state index is 1.08. The number of hydrogen-bond acceptors (Lipinski definition) is 1. The van der Waals surface area contributed by atoms with Crippen LogP contribution in [-0.4, -0.2) is 4.57 Å². The van der Waals surface area contributed by atoms with Crippen molar-refractivity contribution < 1.29 is 0 Å². The summed E-state index contributed by atoms with van der Waals surface area (Å²) >= 11 is 0. The van der Waals surface area contributed by atoms with E-state index in [1.807, 2.05) is 0 Å². The van der Waals surface area contributed by atoms with Crippen LogP contribution in [0.2, 0.25) is 0 Å². The maximum Gasteiger partial charge on any atom is 0.0541 e. The molecule has 0 saturated carbocycles. The van der Waals surface area contributed by atoms with Gasteiger partial charge in [0.2, 0.25) is 0 Å². The van der Waals surface area contributed by atoms with E-state index in [0.717, 1.165) is 28.3 Å². The molecule has 0 N–H and O–H groups in total. The first-order valence-electron chi connectivity index (χ1n) is 23.4. The van der Waals surface area contributed by atoms with Crippen LogP contribution in [0.25, 0.3) is 104 Å². The smallest absolute Gasteiger partial charge is 0.0541 e. The van der Waals surface area contributed by atoms with E-state index < -0.39 is 0 Å². The molecule has 68 heavy (non-hydrogen) atoms. The Kier molecular flexibility index (Phi) is 9.54. The van der Waals surface area contributed by atoms with Crippen LogP contribution in [0.1, 0.15) is 0 Å². The second kappa shape index (κ2) is 16.5. The third kappa shape index (κ3) is 6.90. The Morgan fingerprint density at radius 2 is 0.765 bits per heavy atom. The highest BCUT2D eigenvalue weighted by Gasteiger charge is 2.18. The molecule has 13 aromatic rings. The van der Waals surface area contributed by atoms with Crippen molar-refractivity contribution in [3.63, 3.8) is 0 Å². The van der Waals surface area contributed by atoms with Crippen LogP contribution in [0.15, 0.2) is 267 Å². The average Bonchev–Trinajstić information content (AvgIpc) is 3.75. The van der Waals surface area contributed by atoms with E-state index in [-0.39, 0.29) is 0 Å². The highest BCUT2D eigenvalue weighted by atomic mass is 15.1. The summed E-state index contributed by atoms with van der Waals surface area (Å²) in [7, 11) is 0. The first-order chi connectivity index (χ1) is 33.7. The van der Waals surface area contributed by atoms with Crippen LogP contribution >= 0.6 is 0 Å². The Labute approximate surface area is 395 Å². The van der Waals surface area contributed by atoms with Crippen LogP contribution < -0.4 is 4.90 Å². The van der Waals surface area contributed by atoms with Crippen LogP contribution in [0.4, 0.5) is 17.1 Å². The van der Waals surface area contributed by atoms with Crippen molar-refractivity contribution in [2.75, 3.05) is 4.90 Å². The van der Waals surface area contributed by atoms with Crippen LogP contribution in [-0.2, 0) is 0 Å². The molecule has 13 rings (SSSR count). The molecular formula is C66H44N2. The number of aromatic nitrogens is 1. The minimum Gasteiger partial charge on any atom is -0.310 e. The second-order valence-electron chi connectivity index (χ2n) is 17.7. The van der Waals surface area contributed by atoms with Gasteiger partial charge in [-0.3, -0.25) is 0 Å². The van der Waals surface area contributed by atoms with Crippen molar-refractivity contribution in [1.82, 2.24) is 4.57 Å². The molecule has 2 nitrogen and oxygen atoms in total. The molecule has 0 aliphatic rings. The van der Waals surface area contributed by atoms with E-state index in [1.54, 1.807) is 0 Å². The van der Waals surface area contributed by atoms with E-state index in [4.69, 9.17) is 0 Å². The van der Waals surface area contributed by atoms with Gasteiger partial charge in [-0.25, -0.2) is 0 Å². The zero-order chi connectivity index (χ0) is 45.0. The van der Waals surface area contributed by atoms with Crippen LogP contribution in [0, 0.1) is 0 Å². The predicted octanol–water partition coefficient (Wildman–Crippen LogP) is 18.4.